The van der Waals surface area contributed by atoms with Crippen molar-refractivity contribution in [2.45, 2.75) is 32.2 Å². The van der Waals surface area contributed by atoms with Gasteiger partial charge in [-0.15, -0.1) is 0 Å². The first-order valence-electron chi connectivity index (χ1n) is 7.19. The molecule has 1 aromatic carbocycles. The summed E-state index contributed by atoms with van der Waals surface area (Å²) in [6, 6.07) is 6.10. The van der Waals surface area contributed by atoms with E-state index in [0.717, 1.165) is 5.56 Å². The van der Waals surface area contributed by atoms with Gasteiger partial charge in [0.1, 0.15) is 5.82 Å². The Balaban J connectivity index is 1.88. The summed E-state index contributed by atoms with van der Waals surface area (Å²) in [5.41, 5.74) is 0.881. The van der Waals surface area contributed by atoms with Crippen molar-refractivity contribution in [2.24, 2.45) is 11.8 Å². The summed E-state index contributed by atoms with van der Waals surface area (Å²) in [6.07, 6.45) is 2.39. The summed E-state index contributed by atoms with van der Waals surface area (Å²) in [5.74, 6) is -1.41. The molecule has 0 bridgehead atoms. The minimum atomic E-state index is -0.763. The Morgan fingerprint density at radius 1 is 1.14 bits per heavy atom. The maximum Gasteiger partial charge on any atom is 0.306 e. The molecule has 0 aromatic heterocycles. The molecule has 0 spiro atoms. The molecule has 0 heterocycles. The third-order valence-electron chi connectivity index (χ3n) is 4.13. The van der Waals surface area contributed by atoms with E-state index in [-0.39, 0.29) is 23.6 Å². The molecule has 114 valence electrons. The van der Waals surface area contributed by atoms with E-state index in [1.807, 2.05) is 0 Å². The van der Waals surface area contributed by atoms with Crippen LogP contribution in [0.3, 0.4) is 0 Å². The van der Waals surface area contributed by atoms with Gasteiger partial charge in [0.2, 0.25) is 5.91 Å². The van der Waals surface area contributed by atoms with Crippen molar-refractivity contribution < 1.29 is 19.1 Å². The van der Waals surface area contributed by atoms with Gasteiger partial charge in [-0.1, -0.05) is 12.1 Å². The molecule has 0 saturated heterocycles. The highest BCUT2D eigenvalue weighted by Gasteiger charge is 2.31. The first-order valence-corrected chi connectivity index (χ1v) is 7.19. The van der Waals surface area contributed by atoms with Crippen LogP contribution in [0.25, 0.3) is 0 Å². The summed E-state index contributed by atoms with van der Waals surface area (Å²) in [5, 5.41) is 8.96. The Labute approximate surface area is 123 Å². The smallest absolute Gasteiger partial charge is 0.306 e. The number of hydrogen-bond acceptors (Lipinski definition) is 2. The van der Waals surface area contributed by atoms with Crippen molar-refractivity contribution in [3.63, 3.8) is 0 Å². The number of benzene rings is 1. The second-order valence-electron chi connectivity index (χ2n) is 5.71. The van der Waals surface area contributed by atoms with Gasteiger partial charge in [0.15, 0.2) is 0 Å². The highest BCUT2D eigenvalue weighted by atomic mass is 19.1. The third kappa shape index (κ3) is 4.03. The zero-order chi connectivity index (χ0) is 15.4. The van der Waals surface area contributed by atoms with E-state index in [9.17, 15) is 14.0 Å². The van der Waals surface area contributed by atoms with Gasteiger partial charge in [-0.25, -0.2) is 4.39 Å². The van der Waals surface area contributed by atoms with Gasteiger partial charge >= 0.3 is 5.97 Å². The molecule has 0 atom stereocenters. The molecule has 0 radical (unpaired) electrons. The number of carboxylic acids is 1. The maximum atomic E-state index is 12.8. The fourth-order valence-electron chi connectivity index (χ4n) is 2.84. The lowest BCUT2D eigenvalue weighted by atomic mass is 9.81. The van der Waals surface area contributed by atoms with Crippen LogP contribution in [0, 0.1) is 17.7 Å². The molecule has 1 saturated carbocycles. The fourth-order valence-corrected chi connectivity index (χ4v) is 2.84. The van der Waals surface area contributed by atoms with E-state index in [4.69, 9.17) is 5.11 Å². The maximum absolute atomic E-state index is 12.8. The van der Waals surface area contributed by atoms with Crippen LogP contribution in [0.2, 0.25) is 0 Å². The molecule has 1 amide bonds. The lowest BCUT2D eigenvalue weighted by molar-refractivity contribution is -0.145. The second kappa shape index (κ2) is 6.70. The van der Waals surface area contributed by atoms with Crippen molar-refractivity contribution >= 4 is 11.9 Å². The number of nitrogens with zero attached hydrogens (tertiary/aromatic N) is 1. The normalized spacial score (nSPS) is 21.8. The van der Waals surface area contributed by atoms with Crippen LogP contribution in [0.1, 0.15) is 31.2 Å². The van der Waals surface area contributed by atoms with Crippen molar-refractivity contribution in [3.05, 3.63) is 35.6 Å². The number of halogens is 1. The first kappa shape index (κ1) is 15.5. The Kier molecular flexibility index (Phi) is 4.94. The predicted molar refractivity (Wildman–Crippen MR) is 76.0 cm³/mol. The summed E-state index contributed by atoms with van der Waals surface area (Å²) < 4.78 is 12.8. The molecule has 0 aliphatic heterocycles. The molecule has 1 aliphatic carbocycles. The Hall–Kier alpha value is -1.91. The average Bonchev–Trinajstić information content (AvgIpc) is 2.49. The largest absolute Gasteiger partial charge is 0.481 e. The zero-order valence-corrected chi connectivity index (χ0v) is 12.1. The first-order chi connectivity index (χ1) is 9.97. The highest BCUT2D eigenvalue weighted by Crippen LogP contribution is 2.30. The summed E-state index contributed by atoms with van der Waals surface area (Å²) in [6.45, 7) is 0.442. The number of aliphatic carboxylic acids is 1. The van der Waals surface area contributed by atoms with Gasteiger partial charge in [-0.05, 0) is 43.4 Å². The molecular weight excluding hydrogens is 273 g/mol. The number of carbonyl (C=O) groups is 2. The SMILES string of the molecule is CN(Cc1ccc(F)cc1)C(=O)C1CCC(C(=O)O)CC1. The van der Waals surface area contributed by atoms with Crippen molar-refractivity contribution in [1.29, 1.82) is 0 Å². The van der Waals surface area contributed by atoms with E-state index in [1.54, 1.807) is 24.1 Å². The van der Waals surface area contributed by atoms with E-state index in [1.165, 1.54) is 12.1 Å². The molecule has 1 N–H and O–H groups in total. The molecule has 21 heavy (non-hydrogen) atoms. The lowest BCUT2D eigenvalue weighted by Gasteiger charge is -2.29. The predicted octanol–water partition coefficient (Wildman–Crippen LogP) is 2.68. The monoisotopic (exact) mass is 293 g/mol. The van der Waals surface area contributed by atoms with Crippen molar-refractivity contribution in [2.75, 3.05) is 7.05 Å². The van der Waals surface area contributed by atoms with Gasteiger partial charge in [-0.2, -0.15) is 0 Å². The Morgan fingerprint density at radius 3 is 2.19 bits per heavy atom. The average molecular weight is 293 g/mol. The van der Waals surface area contributed by atoms with E-state index in [2.05, 4.69) is 0 Å². The Morgan fingerprint density at radius 2 is 1.67 bits per heavy atom. The summed E-state index contributed by atoms with van der Waals surface area (Å²) in [7, 11) is 1.73. The minimum Gasteiger partial charge on any atom is -0.481 e. The molecule has 4 nitrogen and oxygen atoms in total. The van der Waals surface area contributed by atoms with Crippen LogP contribution in [0.5, 0.6) is 0 Å². The highest BCUT2D eigenvalue weighted by molar-refractivity contribution is 5.79. The standard InChI is InChI=1S/C16H20FNO3/c1-18(10-11-2-8-14(17)9-3-11)15(19)12-4-6-13(7-5-12)16(20)21/h2-3,8-9,12-13H,4-7,10H2,1H3,(H,20,21). The van der Waals surface area contributed by atoms with Crippen LogP contribution >= 0.6 is 0 Å². The van der Waals surface area contributed by atoms with Gasteiger partial charge in [0.25, 0.3) is 0 Å². The van der Waals surface area contributed by atoms with Crippen LogP contribution < -0.4 is 0 Å². The molecule has 1 fully saturated rings. The quantitative estimate of drug-likeness (QED) is 0.928. The molecule has 2 rings (SSSR count). The fraction of sp³-hybridized carbons (Fsp3) is 0.500. The Bertz CT molecular complexity index is 507. The van der Waals surface area contributed by atoms with Gasteiger partial charge < -0.3 is 10.0 Å². The van der Waals surface area contributed by atoms with Crippen LogP contribution in [0.4, 0.5) is 4.39 Å². The minimum absolute atomic E-state index is 0.0446. The van der Waals surface area contributed by atoms with Crippen LogP contribution in [-0.2, 0) is 16.1 Å². The zero-order valence-electron chi connectivity index (χ0n) is 12.1. The van der Waals surface area contributed by atoms with E-state index in [0.29, 0.717) is 32.2 Å². The van der Waals surface area contributed by atoms with Gasteiger partial charge in [0, 0.05) is 19.5 Å². The third-order valence-corrected chi connectivity index (χ3v) is 4.13. The number of carboxylic acid groups (broad SMARTS) is 1. The summed E-state index contributed by atoms with van der Waals surface area (Å²) in [4.78, 5) is 24.9. The van der Waals surface area contributed by atoms with Crippen molar-refractivity contribution in [1.82, 2.24) is 4.90 Å². The topological polar surface area (TPSA) is 57.6 Å². The number of hydrogen-bond donors (Lipinski definition) is 1. The van der Waals surface area contributed by atoms with Crippen molar-refractivity contribution in [3.8, 4) is 0 Å². The number of amides is 1. The molecule has 0 unspecified atom stereocenters. The lowest BCUT2D eigenvalue weighted by Crippen LogP contribution is -2.35. The molecule has 1 aromatic rings. The van der Waals surface area contributed by atoms with E-state index < -0.39 is 5.97 Å². The molecule has 1 aliphatic rings. The van der Waals surface area contributed by atoms with Gasteiger partial charge in [-0.3, -0.25) is 9.59 Å². The van der Waals surface area contributed by atoms with Gasteiger partial charge in [0.05, 0.1) is 5.92 Å². The van der Waals surface area contributed by atoms with E-state index >= 15 is 0 Å². The number of carbonyl (C=O) groups excluding carboxylic acids is 1. The number of rotatable bonds is 4. The summed E-state index contributed by atoms with van der Waals surface area (Å²) >= 11 is 0. The molecule has 5 heteroatoms. The molecular formula is C16H20FNO3. The van der Waals surface area contributed by atoms with Crippen LogP contribution in [0.15, 0.2) is 24.3 Å². The second-order valence-corrected chi connectivity index (χ2v) is 5.71. The van der Waals surface area contributed by atoms with Crippen LogP contribution in [-0.4, -0.2) is 28.9 Å².